The van der Waals surface area contributed by atoms with Crippen molar-refractivity contribution >= 4 is 11.6 Å². The van der Waals surface area contributed by atoms with Crippen molar-refractivity contribution in [3.05, 3.63) is 53.9 Å². The Morgan fingerprint density at radius 3 is 2.75 bits per heavy atom. The van der Waals surface area contributed by atoms with Crippen molar-refractivity contribution in [2.75, 3.05) is 11.9 Å². The minimum atomic E-state index is -0.193. The SMILES string of the molecule is Cc1cc(C(=O)Nc2ccc(OCC#N)cc2)ccn1. The lowest BCUT2D eigenvalue weighted by molar-refractivity contribution is 0.102. The second kappa shape index (κ2) is 6.34. The van der Waals surface area contributed by atoms with Gasteiger partial charge in [0.2, 0.25) is 0 Å². The number of benzene rings is 1. The summed E-state index contributed by atoms with van der Waals surface area (Å²) in [5, 5.41) is 11.2. The number of nitrogens with one attached hydrogen (secondary N) is 1. The Morgan fingerprint density at radius 2 is 2.10 bits per heavy atom. The smallest absolute Gasteiger partial charge is 0.255 e. The molecule has 0 bridgehead atoms. The minimum absolute atomic E-state index is 0.00198. The van der Waals surface area contributed by atoms with Gasteiger partial charge in [-0.25, -0.2) is 0 Å². The van der Waals surface area contributed by atoms with E-state index in [1.807, 2.05) is 13.0 Å². The zero-order valence-corrected chi connectivity index (χ0v) is 11.0. The van der Waals surface area contributed by atoms with Gasteiger partial charge in [0.1, 0.15) is 11.8 Å². The molecule has 0 aliphatic heterocycles. The van der Waals surface area contributed by atoms with Crippen LogP contribution in [0.2, 0.25) is 0 Å². The van der Waals surface area contributed by atoms with Crippen LogP contribution in [-0.2, 0) is 0 Å². The number of rotatable bonds is 4. The normalized spacial score (nSPS) is 9.60. The van der Waals surface area contributed by atoms with Gasteiger partial charge in [-0.2, -0.15) is 5.26 Å². The lowest BCUT2D eigenvalue weighted by Crippen LogP contribution is -2.12. The third kappa shape index (κ3) is 3.56. The number of aromatic nitrogens is 1. The Balaban J connectivity index is 2.03. The van der Waals surface area contributed by atoms with Crippen LogP contribution in [0.25, 0.3) is 0 Å². The van der Waals surface area contributed by atoms with Gasteiger partial charge in [-0.05, 0) is 43.3 Å². The van der Waals surface area contributed by atoms with Gasteiger partial charge in [0, 0.05) is 23.1 Å². The molecule has 1 aromatic heterocycles. The first kappa shape index (κ1) is 13.6. The predicted molar refractivity (Wildman–Crippen MR) is 74.5 cm³/mol. The summed E-state index contributed by atoms with van der Waals surface area (Å²) in [7, 11) is 0. The number of pyridine rings is 1. The van der Waals surface area contributed by atoms with Crippen LogP contribution in [0, 0.1) is 18.3 Å². The molecule has 20 heavy (non-hydrogen) atoms. The van der Waals surface area contributed by atoms with E-state index in [0.717, 1.165) is 5.69 Å². The molecule has 1 amide bonds. The first-order chi connectivity index (χ1) is 9.69. The van der Waals surface area contributed by atoms with Crippen LogP contribution in [-0.4, -0.2) is 17.5 Å². The predicted octanol–water partition coefficient (Wildman–Crippen LogP) is 2.54. The molecule has 0 aliphatic rings. The van der Waals surface area contributed by atoms with E-state index in [4.69, 9.17) is 10.00 Å². The highest BCUT2D eigenvalue weighted by molar-refractivity contribution is 6.04. The average molecular weight is 267 g/mol. The van der Waals surface area contributed by atoms with E-state index in [1.165, 1.54) is 0 Å². The Hall–Kier alpha value is -2.87. The third-order valence-electron chi connectivity index (χ3n) is 2.57. The zero-order chi connectivity index (χ0) is 14.4. The molecule has 0 unspecified atom stereocenters. The van der Waals surface area contributed by atoms with Crippen LogP contribution in [0.15, 0.2) is 42.6 Å². The second-order valence-electron chi connectivity index (χ2n) is 4.11. The molecular formula is C15H13N3O2. The maximum atomic E-state index is 12.0. The molecule has 0 aliphatic carbocycles. The van der Waals surface area contributed by atoms with Crippen LogP contribution in [0.3, 0.4) is 0 Å². The summed E-state index contributed by atoms with van der Waals surface area (Å²) in [4.78, 5) is 16.1. The number of hydrogen-bond acceptors (Lipinski definition) is 4. The summed E-state index contributed by atoms with van der Waals surface area (Å²) < 4.78 is 5.13. The first-order valence-electron chi connectivity index (χ1n) is 6.03. The quantitative estimate of drug-likeness (QED) is 0.923. The largest absolute Gasteiger partial charge is 0.479 e. The number of hydrogen-bond donors (Lipinski definition) is 1. The van der Waals surface area contributed by atoms with Gasteiger partial charge < -0.3 is 10.1 Å². The number of aryl methyl sites for hydroxylation is 1. The van der Waals surface area contributed by atoms with Crippen molar-refractivity contribution in [1.29, 1.82) is 5.26 Å². The standard InChI is InChI=1S/C15H13N3O2/c1-11-10-12(6-8-17-11)15(19)18-13-2-4-14(5-3-13)20-9-7-16/h2-6,8,10H,9H2,1H3,(H,18,19). The van der Waals surface area contributed by atoms with Crippen molar-refractivity contribution in [3.63, 3.8) is 0 Å². The molecule has 100 valence electrons. The van der Waals surface area contributed by atoms with Crippen molar-refractivity contribution in [1.82, 2.24) is 4.98 Å². The highest BCUT2D eigenvalue weighted by atomic mass is 16.5. The molecule has 1 N–H and O–H groups in total. The number of amides is 1. The Kier molecular flexibility index (Phi) is 4.30. The fraction of sp³-hybridized carbons (Fsp3) is 0.133. The van der Waals surface area contributed by atoms with Gasteiger partial charge in [-0.1, -0.05) is 0 Å². The number of carbonyl (C=O) groups is 1. The summed E-state index contributed by atoms with van der Waals surface area (Å²) in [5.41, 5.74) is 2.01. The summed E-state index contributed by atoms with van der Waals surface area (Å²) in [6, 6.07) is 12.1. The monoisotopic (exact) mass is 267 g/mol. The van der Waals surface area contributed by atoms with E-state index < -0.39 is 0 Å². The summed E-state index contributed by atoms with van der Waals surface area (Å²) in [5.74, 6) is 0.394. The lowest BCUT2D eigenvalue weighted by atomic mass is 10.2. The maximum absolute atomic E-state index is 12.0. The van der Waals surface area contributed by atoms with Crippen LogP contribution >= 0.6 is 0 Å². The fourth-order valence-corrected chi connectivity index (χ4v) is 1.64. The highest BCUT2D eigenvalue weighted by Gasteiger charge is 2.06. The molecule has 0 saturated carbocycles. The van der Waals surface area contributed by atoms with Gasteiger partial charge in [0.15, 0.2) is 6.61 Å². The van der Waals surface area contributed by atoms with Crippen LogP contribution < -0.4 is 10.1 Å². The van der Waals surface area contributed by atoms with Crippen LogP contribution in [0.5, 0.6) is 5.75 Å². The number of carbonyl (C=O) groups excluding carboxylic acids is 1. The molecular weight excluding hydrogens is 254 g/mol. The molecule has 0 atom stereocenters. The molecule has 0 saturated heterocycles. The summed E-state index contributed by atoms with van der Waals surface area (Å²) in [6.45, 7) is 1.83. The Morgan fingerprint density at radius 1 is 1.35 bits per heavy atom. The molecule has 0 radical (unpaired) electrons. The molecule has 0 fully saturated rings. The zero-order valence-electron chi connectivity index (χ0n) is 11.0. The lowest BCUT2D eigenvalue weighted by Gasteiger charge is -2.07. The number of nitrogens with zero attached hydrogens (tertiary/aromatic N) is 2. The van der Waals surface area contributed by atoms with Crippen molar-refractivity contribution < 1.29 is 9.53 Å². The summed E-state index contributed by atoms with van der Waals surface area (Å²) >= 11 is 0. The maximum Gasteiger partial charge on any atom is 0.255 e. The second-order valence-corrected chi connectivity index (χ2v) is 4.11. The van der Waals surface area contributed by atoms with E-state index in [2.05, 4.69) is 10.3 Å². The molecule has 1 heterocycles. The van der Waals surface area contributed by atoms with E-state index in [9.17, 15) is 4.79 Å². The van der Waals surface area contributed by atoms with E-state index >= 15 is 0 Å². The van der Waals surface area contributed by atoms with Crippen LogP contribution in [0.4, 0.5) is 5.69 Å². The topological polar surface area (TPSA) is 75.0 Å². The van der Waals surface area contributed by atoms with Crippen LogP contribution in [0.1, 0.15) is 16.1 Å². The molecule has 5 nitrogen and oxygen atoms in total. The molecule has 2 aromatic rings. The minimum Gasteiger partial charge on any atom is -0.479 e. The molecule has 5 heteroatoms. The number of nitriles is 1. The number of anilines is 1. The van der Waals surface area contributed by atoms with E-state index in [0.29, 0.717) is 17.0 Å². The van der Waals surface area contributed by atoms with Gasteiger partial charge in [-0.15, -0.1) is 0 Å². The van der Waals surface area contributed by atoms with Gasteiger partial charge >= 0.3 is 0 Å². The van der Waals surface area contributed by atoms with Crippen molar-refractivity contribution in [2.24, 2.45) is 0 Å². The van der Waals surface area contributed by atoms with Crippen molar-refractivity contribution in [2.45, 2.75) is 6.92 Å². The average Bonchev–Trinajstić information content (AvgIpc) is 2.46. The molecule has 0 spiro atoms. The Bertz CT molecular complexity index is 645. The Labute approximate surface area is 116 Å². The van der Waals surface area contributed by atoms with Gasteiger partial charge in [0.25, 0.3) is 5.91 Å². The van der Waals surface area contributed by atoms with E-state index in [-0.39, 0.29) is 12.5 Å². The highest BCUT2D eigenvalue weighted by Crippen LogP contribution is 2.16. The first-order valence-corrected chi connectivity index (χ1v) is 6.03. The molecule has 2 rings (SSSR count). The van der Waals surface area contributed by atoms with E-state index in [1.54, 1.807) is 42.6 Å². The van der Waals surface area contributed by atoms with Crippen molar-refractivity contribution in [3.8, 4) is 11.8 Å². The fourth-order valence-electron chi connectivity index (χ4n) is 1.64. The third-order valence-corrected chi connectivity index (χ3v) is 2.57. The van der Waals surface area contributed by atoms with Gasteiger partial charge in [-0.3, -0.25) is 9.78 Å². The van der Waals surface area contributed by atoms with Gasteiger partial charge in [0.05, 0.1) is 0 Å². The summed E-state index contributed by atoms with van der Waals surface area (Å²) in [6.07, 6.45) is 1.60. The number of ether oxygens (including phenoxy) is 1. The molecule has 1 aromatic carbocycles.